The number of halogens is 1. The van der Waals surface area contributed by atoms with Crippen molar-refractivity contribution in [3.8, 4) is 0 Å². The van der Waals surface area contributed by atoms with Gasteiger partial charge in [0.25, 0.3) is 10.0 Å². The first-order valence-corrected chi connectivity index (χ1v) is 12.8. The minimum absolute atomic E-state index is 0.160. The number of rotatable bonds is 6. The van der Waals surface area contributed by atoms with E-state index in [1.807, 2.05) is 44.3 Å². The van der Waals surface area contributed by atoms with Crippen LogP contribution in [0.25, 0.3) is 0 Å². The van der Waals surface area contributed by atoms with Crippen LogP contribution in [0.2, 0.25) is 5.02 Å². The summed E-state index contributed by atoms with van der Waals surface area (Å²) in [6.45, 7) is 5.45. The predicted octanol–water partition coefficient (Wildman–Crippen LogP) is 4.02. The number of hydrogen-bond donors (Lipinski definition) is 0. The standard InChI is InChI=1S/C23H29ClN4O3S/c1-3-4-10-28-23(29)27(17-18-8-6-5-7-9-18)21-16-19(24)15-20(22(21)32(28,30)31)26-13-11-25(2)12-14-26/h5-9,15-16H,3-4,10-14,17H2,1-2H3. The van der Waals surface area contributed by atoms with E-state index in [1.54, 1.807) is 17.0 Å². The SMILES string of the molecule is CCCCN1C(=O)N(Cc2ccccc2)c2cc(Cl)cc(N3CCN(C)CC3)c2S1(=O)=O. The lowest BCUT2D eigenvalue weighted by atomic mass is 10.1. The smallest absolute Gasteiger partial charge is 0.338 e. The number of carbonyl (C=O) groups is 1. The maximum absolute atomic E-state index is 13.8. The lowest BCUT2D eigenvalue weighted by Crippen LogP contribution is -2.52. The molecule has 2 heterocycles. The van der Waals surface area contributed by atoms with Crippen LogP contribution in [-0.2, 0) is 16.6 Å². The average Bonchev–Trinajstić information content (AvgIpc) is 2.77. The molecule has 2 aromatic rings. The number of carbonyl (C=O) groups excluding carboxylic acids is 1. The van der Waals surface area contributed by atoms with Crippen LogP contribution < -0.4 is 9.80 Å². The summed E-state index contributed by atoms with van der Waals surface area (Å²) in [5.41, 5.74) is 1.85. The third-order valence-electron chi connectivity index (χ3n) is 6.04. The highest BCUT2D eigenvalue weighted by atomic mass is 35.5. The molecule has 7 nitrogen and oxygen atoms in total. The maximum Gasteiger partial charge on any atom is 0.338 e. The molecule has 0 aliphatic carbocycles. The average molecular weight is 477 g/mol. The summed E-state index contributed by atoms with van der Waals surface area (Å²) in [5.74, 6) is 0. The van der Waals surface area contributed by atoms with Gasteiger partial charge in [0.2, 0.25) is 0 Å². The van der Waals surface area contributed by atoms with Gasteiger partial charge in [-0.15, -0.1) is 0 Å². The molecule has 1 saturated heterocycles. The van der Waals surface area contributed by atoms with Gasteiger partial charge in [0.15, 0.2) is 0 Å². The lowest BCUT2D eigenvalue weighted by molar-refractivity contribution is 0.227. The van der Waals surface area contributed by atoms with Crippen LogP contribution in [0.3, 0.4) is 0 Å². The van der Waals surface area contributed by atoms with Crippen molar-refractivity contribution >= 4 is 39.0 Å². The second kappa shape index (κ2) is 9.29. The quantitative estimate of drug-likeness (QED) is 0.630. The molecule has 1 fully saturated rings. The van der Waals surface area contributed by atoms with Crippen molar-refractivity contribution in [1.29, 1.82) is 0 Å². The van der Waals surface area contributed by atoms with Crippen molar-refractivity contribution in [3.63, 3.8) is 0 Å². The molecule has 2 aliphatic rings. The van der Waals surface area contributed by atoms with E-state index in [4.69, 9.17) is 11.6 Å². The summed E-state index contributed by atoms with van der Waals surface area (Å²) in [4.78, 5) is 19.5. The Kier molecular flexibility index (Phi) is 6.65. The molecule has 0 saturated carbocycles. The van der Waals surface area contributed by atoms with E-state index < -0.39 is 16.1 Å². The highest BCUT2D eigenvalue weighted by Crippen LogP contribution is 2.44. The summed E-state index contributed by atoms with van der Waals surface area (Å²) in [6, 6.07) is 12.4. The van der Waals surface area contributed by atoms with Crippen LogP contribution in [-0.4, -0.2) is 63.4 Å². The van der Waals surface area contributed by atoms with E-state index in [2.05, 4.69) is 9.80 Å². The Balaban J connectivity index is 1.87. The van der Waals surface area contributed by atoms with Crippen LogP contribution in [0.5, 0.6) is 0 Å². The number of likely N-dealkylation sites (N-methyl/N-ethyl adjacent to an activating group) is 1. The molecular formula is C23H29ClN4O3S. The van der Waals surface area contributed by atoms with Gasteiger partial charge >= 0.3 is 6.03 Å². The zero-order valence-electron chi connectivity index (χ0n) is 18.5. The van der Waals surface area contributed by atoms with Gasteiger partial charge in [-0.3, -0.25) is 4.90 Å². The molecule has 0 radical (unpaired) electrons. The summed E-state index contributed by atoms with van der Waals surface area (Å²) < 4.78 is 28.5. The maximum atomic E-state index is 13.8. The number of sulfonamides is 1. The normalized spacial score (nSPS) is 18.7. The second-order valence-electron chi connectivity index (χ2n) is 8.35. The van der Waals surface area contributed by atoms with Gasteiger partial charge in [0.05, 0.1) is 17.9 Å². The van der Waals surface area contributed by atoms with E-state index >= 15 is 0 Å². The minimum atomic E-state index is -4.01. The van der Waals surface area contributed by atoms with E-state index in [-0.39, 0.29) is 18.0 Å². The molecule has 0 unspecified atom stereocenters. The van der Waals surface area contributed by atoms with Crippen molar-refractivity contribution in [3.05, 3.63) is 53.1 Å². The highest BCUT2D eigenvalue weighted by molar-refractivity contribution is 7.90. The summed E-state index contributed by atoms with van der Waals surface area (Å²) in [6.07, 6.45) is 1.40. The van der Waals surface area contributed by atoms with Gasteiger partial charge in [-0.05, 0) is 31.2 Å². The number of piperazine rings is 1. The summed E-state index contributed by atoms with van der Waals surface area (Å²) in [5, 5.41) is 0.417. The predicted molar refractivity (Wildman–Crippen MR) is 128 cm³/mol. The molecule has 32 heavy (non-hydrogen) atoms. The molecule has 2 aromatic carbocycles. The van der Waals surface area contributed by atoms with Gasteiger partial charge in [-0.2, -0.15) is 0 Å². The van der Waals surface area contributed by atoms with Crippen molar-refractivity contribution in [2.45, 2.75) is 31.2 Å². The summed E-state index contributed by atoms with van der Waals surface area (Å²) >= 11 is 6.48. The Morgan fingerprint density at radius 2 is 1.66 bits per heavy atom. The summed E-state index contributed by atoms with van der Waals surface area (Å²) in [7, 11) is -1.96. The number of hydrogen-bond acceptors (Lipinski definition) is 5. The molecule has 9 heteroatoms. The zero-order chi connectivity index (χ0) is 22.9. The molecule has 2 amide bonds. The van der Waals surface area contributed by atoms with Crippen LogP contribution in [0.4, 0.5) is 16.2 Å². The van der Waals surface area contributed by atoms with Gasteiger partial charge in [-0.25, -0.2) is 17.5 Å². The number of fused-ring (bicyclic) bond motifs is 1. The van der Waals surface area contributed by atoms with Crippen LogP contribution in [0.15, 0.2) is 47.4 Å². The molecule has 0 spiro atoms. The first-order chi connectivity index (χ1) is 15.3. The fraction of sp³-hybridized carbons (Fsp3) is 0.435. The topological polar surface area (TPSA) is 64.2 Å². The molecule has 0 aromatic heterocycles. The number of nitrogens with zero attached hydrogens (tertiary/aromatic N) is 4. The molecular weight excluding hydrogens is 448 g/mol. The molecule has 2 aliphatic heterocycles. The van der Waals surface area contributed by atoms with E-state index in [1.165, 1.54) is 0 Å². The lowest BCUT2D eigenvalue weighted by Gasteiger charge is -2.40. The van der Waals surface area contributed by atoms with Gasteiger partial charge < -0.3 is 9.80 Å². The Morgan fingerprint density at radius 3 is 2.31 bits per heavy atom. The van der Waals surface area contributed by atoms with Crippen molar-refractivity contribution in [1.82, 2.24) is 9.21 Å². The first kappa shape index (κ1) is 22.9. The highest BCUT2D eigenvalue weighted by Gasteiger charge is 2.44. The molecule has 172 valence electrons. The second-order valence-corrected chi connectivity index (χ2v) is 10.6. The Bertz CT molecular complexity index is 1090. The fourth-order valence-corrected chi connectivity index (χ4v) is 6.19. The van der Waals surface area contributed by atoms with Crippen molar-refractivity contribution in [2.75, 3.05) is 49.6 Å². The minimum Gasteiger partial charge on any atom is -0.368 e. The van der Waals surface area contributed by atoms with Crippen LogP contribution in [0.1, 0.15) is 25.3 Å². The number of benzene rings is 2. The van der Waals surface area contributed by atoms with Crippen LogP contribution in [0, 0.1) is 0 Å². The van der Waals surface area contributed by atoms with Crippen LogP contribution >= 0.6 is 11.6 Å². The monoisotopic (exact) mass is 476 g/mol. The molecule has 0 atom stereocenters. The van der Waals surface area contributed by atoms with Crippen molar-refractivity contribution < 1.29 is 13.2 Å². The first-order valence-electron chi connectivity index (χ1n) is 11.0. The number of anilines is 2. The Morgan fingerprint density at radius 1 is 1.00 bits per heavy atom. The van der Waals surface area contributed by atoms with E-state index in [9.17, 15) is 13.2 Å². The zero-order valence-corrected chi connectivity index (χ0v) is 20.1. The Hall–Kier alpha value is -2.29. The number of amides is 2. The molecule has 0 bridgehead atoms. The third kappa shape index (κ3) is 4.31. The molecule has 4 rings (SSSR count). The van der Waals surface area contributed by atoms with Gasteiger partial charge in [-0.1, -0.05) is 55.3 Å². The largest absolute Gasteiger partial charge is 0.368 e. The molecule has 0 N–H and O–H groups in total. The van der Waals surface area contributed by atoms with Gasteiger partial charge in [0, 0.05) is 37.7 Å². The third-order valence-corrected chi connectivity index (χ3v) is 8.11. The fourth-order valence-electron chi connectivity index (χ4n) is 4.20. The van der Waals surface area contributed by atoms with E-state index in [0.717, 1.165) is 29.4 Å². The Labute approximate surface area is 195 Å². The number of urea groups is 1. The van der Waals surface area contributed by atoms with E-state index in [0.29, 0.717) is 35.9 Å². The number of unbranched alkanes of at least 4 members (excludes halogenated alkanes) is 1. The van der Waals surface area contributed by atoms with Crippen molar-refractivity contribution in [2.24, 2.45) is 0 Å². The van der Waals surface area contributed by atoms with Gasteiger partial charge in [0.1, 0.15) is 4.90 Å².